The van der Waals surface area contributed by atoms with Gasteiger partial charge >= 0.3 is 0 Å². The number of carbonyl (C=O) groups is 1. The van der Waals surface area contributed by atoms with Gasteiger partial charge < -0.3 is 9.72 Å². The van der Waals surface area contributed by atoms with E-state index < -0.39 is 0 Å². The Bertz CT molecular complexity index is 1060. The Kier molecular flexibility index (Phi) is 3.23. The Morgan fingerprint density at radius 3 is 2.92 bits per heavy atom. The third-order valence-electron chi connectivity index (χ3n) is 3.72. The van der Waals surface area contributed by atoms with Crippen LogP contribution in [0, 0.1) is 13.8 Å². The number of carbonyl (C=O) groups excluding carboxylic acids is 1. The highest BCUT2D eigenvalue weighted by Crippen LogP contribution is 2.08. The Morgan fingerprint density at radius 2 is 2.04 bits per heavy atom. The maximum atomic E-state index is 12.4. The van der Waals surface area contributed by atoms with Gasteiger partial charge in [-0.2, -0.15) is 0 Å². The molecule has 1 N–H and O–H groups in total. The van der Waals surface area contributed by atoms with Gasteiger partial charge in [-0.15, -0.1) is 10.2 Å². The summed E-state index contributed by atoms with van der Waals surface area (Å²) in [6.07, 6.45) is 5.57. The van der Waals surface area contributed by atoms with Crippen molar-refractivity contribution in [1.29, 1.82) is 0 Å². The summed E-state index contributed by atoms with van der Waals surface area (Å²) in [5.41, 5.74) is 3.59. The number of nitrogens with one attached hydrogen (secondary N) is 1. The first-order valence-electron chi connectivity index (χ1n) is 7.51. The third-order valence-corrected chi connectivity index (χ3v) is 3.72. The van der Waals surface area contributed by atoms with Gasteiger partial charge in [-0.1, -0.05) is 0 Å². The van der Waals surface area contributed by atoms with E-state index in [4.69, 9.17) is 0 Å². The van der Waals surface area contributed by atoms with Gasteiger partial charge in [0.15, 0.2) is 0 Å². The molecule has 120 valence electrons. The molecule has 0 atom stereocenters. The number of fused-ring (bicyclic) bond motifs is 2. The van der Waals surface area contributed by atoms with Gasteiger partial charge in [-0.3, -0.25) is 9.20 Å². The summed E-state index contributed by atoms with van der Waals surface area (Å²) in [7, 11) is 0. The molecule has 4 aromatic rings. The van der Waals surface area contributed by atoms with E-state index in [-0.39, 0.29) is 11.7 Å². The number of amides is 1. The number of nitrogens with zero attached hydrogens (tertiary/aromatic N) is 6. The maximum absolute atomic E-state index is 12.4. The van der Waals surface area contributed by atoms with Crippen molar-refractivity contribution in [3.8, 4) is 0 Å². The smallest absolute Gasteiger partial charge is 0.289 e. The molecule has 24 heavy (non-hydrogen) atoms. The van der Waals surface area contributed by atoms with Gasteiger partial charge in [-0.05, 0) is 37.6 Å². The average Bonchev–Trinajstić information content (AvgIpc) is 3.15. The van der Waals surface area contributed by atoms with Gasteiger partial charge in [0.25, 0.3) is 11.7 Å². The van der Waals surface area contributed by atoms with Crippen LogP contribution in [0.15, 0.2) is 36.8 Å². The molecule has 0 spiro atoms. The lowest BCUT2D eigenvalue weighted by molar-refractivity contribution is 0.0939. The lowest BCUT2D eigenvalue weighted by atomic mass is 10.3. The molecular weight excluding hydrogens is 306 g/mol. The number of pyridine rings is 1. The van der Waals surface area contributed by atoms with Crippen molar-refractivity contribution in [2.45, 2.75) is 20.4 Å². The molecule has 4 heterocycles. The molecule has 8 nitrogen and oxygen atoms in total. The summed E-state index contributed by atoms with van der Waals surface area (Å²) in [6.45, 7) is 4.19. The van der Waals surface area contributed by atoms with Crippen LogP contribution < -0.4 is 5.32 Å². The van der Waals surface area contributed by atoms with Crippen molar-refractivity contribution >= 4 is 17.3 Å². The van der Waals surface area contributed by atoms with Gasteiger partial charge in [0.1, 0.15) is 5.65 Å². The Balaban J connectivity index is 1.54. The average molecular weight is 321 g/mol. The van der Waals surface area contributed by atoms with Crippen molar-refractivity contribution in [1.82, 2.24) is 34.3 Å². The fourth-order valence-corrected chi connectivity index (χ4v) is 2.50. The second-order valence-electron chi connectivity index (χ2n) is 5.65. The monoisotopic (exact) mass is 321 g/mol. The van der Waals surface area contributed by atoms with Crippen molar-refractivity contribution in [3.63, 3.8) is 0 Å². The molecule has 1 amide bonds. The van der Waals surface area contributed by atoms with Crippen LogP contribution in [0.3, 0.4) is 0 Å². The van der Waals surface area contributed by atoms with Crippen molar-refractivity contribution < 1.29 is 4.79 Å². The van der Waals surface area contributed by atoms with E-state index in [1.165, 1.54) is 0 Å². The van der Waals surface area contributed by atoms with Crippen LogP contribution in [0.1, 0.15) is 27.6 Å². The van der Waals surface area contributed by atoms with Gasteiger partial charge in [0.05, 0.1) is 12.2 Å². The zero-order chi connectivity index (χ0) is 16.7. The molecule has 0 aliphatic rings. The molecule has 0 aliphatic heterocycles. The minimum atomic E-state index is -0.318. The van der Waals surface area contributed by atoms with Crippen LogP contribution >= 0.6 is 0 Å². The third kappa shape index (κ3) is 2.47. The number of hydrogen-bond acceptors (Lipinski definition) is 5. The number of imidazole rings is 1. The molecule has 4 aromatic heterocycles. The summed E-state index contributed by atoms with van der Waals surface area (Å²) in [5, 5.41) is 10.7. The first-order chi connectivity index (χ1) is 11.6. The van der Waals surface area contributed by atoms with E-state index in [0.717, 1.165) is 22.6 Å². The Hall–Kier alpha value is -3.29. The Morgan fingerprint density at radius 1 is 1.17 bits per heavy atom. The Labute approximate surface area is 137 Å². The normalized spacial score (nSPS) is 11.2. The zero-order valence-electron chi connectivity index (χ0n) is 13.3. The number of aromatic nitrogens is 6. The molecular formula is C16H15N7O. The van der Waals surface area contributed by atoms with Crippen LogP contribution in [-0.4, -0.2) is 34.9 Å². The highest BCUT2D eigenvalue weighted by atomic mass is 16.2. The molecule has 0 saturated carbocycles. The number of hydrogen-bond donors (Lipinski definition) is 1. The first kappa shape index (κ1) is 14.3. The van der Waals surface area contributed by atoms with Crippen LogP contribution in [0.25, 0.3) is 11.4 Å². The van der Waals surface area contributed by atoms with E-state index in [9.17, 15) is 4.79 Å². The van der Waals surface area contributed by atoms with Crippen molar-refractivity contribution in [2.24, 2.45) is 0 Å². The summed E-state index contributed by atoms with van der Waals surface area (Å²) < 4.78 is 3.49. The maximum Gasteiger partial charge on any atom is 0.289 e. The largest absolute Gasteiger partial charge is 0.344 e. The lowest BCUT2D eigenvalue weighted by Gasteiger charge is -2.01. The second kappa shape index (κ2) is 5.41. The molecule has 4 rings (SSSR count). The minimum absolute atomic E-state index is 0.206. The molecule has 0 bridgehead atoms. The topological polar surface area (TPSA) is 89.5 Å². The highest BCUT2D eigenvalue weighted by molar-refractivity contribution is 5.91. The number of rotatable bonds is 3. The van der Waals surface area contributed by atoms with Gasteiger partial charge in [-0.25, -0.2) is 9.97 Å². The van der Waals surface area contributed by atoms with E-state index in [1.807, 2.05) is 42.8 Å². The van der Waals surface area contributed by atoms with Crippen LogP contribution in [-0.2, 0) is 6.54 Å². The van der Waals surface area contributed by atoms with E-state index in [1.54, 1.807) is 16.7 Å². The fourth-order valence-electron chi connectivity index (χ4n) is 2.50. The highest BCUT2D eigenvalue weighted by Gasteiger charge is 2.15. The molecule has 0 radical (unpaired) electrons. The quantitative estimate of drug-likeness (QED) is 0.614. The predicted octanol–water partition coefficient (Wildman–Crippen LogP) is 1.32. The van der Waals surface area contributed by atoms with Crippen LogP contribution in [0.2, 0.25) is 0 Å². The predicted molar refractivity (Wildman–Crippen MR) is 86.6 cm³/mol. The summed E-state index contributed by atoms with van der Waals surface area (Å²) in [5.74, 6) is 0.293. The standard InChI is InChI=1S/C16H15N7O/c1-10-3-5-22-9-12(19-13(22)7-10)8-17-15(24)14-20-21-16-18-11(2)4-6-23(14)16/h3-7,9H,8H2,1-2H3,(H,17,24). The zero-order valence-corrected chi connectivity index (χ0v) is 13.3. The number of aryl methyl sites for hydroxylation is 2. The fraction of sp³-hybridized carbons (Fsp3) is 0.188. The van der Waals surface area contributed by atoms with Gasteiger partial charge in [0.2, 0.25) is 5.82 Å². The molecule has 0 aromatic carbocycles. The molecule has 0 unspecified atom stereocenters. The summed E-state index contributed by atoms with van der Waals surface area (Å²) >= 11 is 0. The first-order valence-corrected chi connectivity index (χ1v) is 7.51. The van der Waals surface area contributed by atoms with E-state index in [0.29, 0.717) is 12.3 Å². The SMILES string of the molecule is Cc1ccn2cc(CNC(=O)c3nnc4nc(C)ccn34)nc2c1. The van der Waals surface area contributed by atoms with Crippen LogP contribution in [0.5, 0.6) is 0 Å². The molecule has 0 fully saturated rings. The molecule has 8 heteroatoms. The van der Waals surface area contributed by atoms with Crippen LogP contribution in [0.4, 0.5) is 0 Å². The van der Waals surface area contributed by atoms with Crippen molar-refractivity contribution in [3.05, 3.63) is 59.6 Å². The second-order valence-corrected chi connectivity index (χ2v) is 5.65. The molecule has 0 aliphatic carbocycles. The summed E-state index contributed by atoms with van der Waals surface area (Å²) in [6, 6.07) is 5.80. The molecule has 0 saturated heterocycles. The van der Waals surface area contributed by atoms with E-state index in [2.05, 4.69) is 25.5 Å². The summed E-state index contributed by atoms with van der Waals surface area (Å²) in [4.78, 5) is 21.1. The minimum Gasteiger partial charge on any atom is -0.344 e. The lowest BCUT2D eigenvalue weighted by Crippen LogP contribution is -2.25. The van der Waals surface area contributed by atoms with Gasteiger partial charge in [0, 0.05) is 24.3 Å². The van der Waals surface area contributed by atoms with Crippen molar-refractivity contribution in [2.75, 3.05) is 0 Å². The van der Waals surface area contributed by atoms with E-state index >= 15 is 0 Å².